The first-order valence-electron chi connectivity index (χ1n) is 6.06. The van der Waals surface area contributed by atoms with Crippen molar-refractivity contribution in [3.05, 3.63) is 0 Å². The molecule has 15 heavy (non-hydrogen) atoms. The topological polar surface area (TPSA) is 30.5 Å². The van der Waals surface area contributed by atoms with Gasteiger partial charge in [0, 0.05) is 26.3 Å². The maximum absolute atomic E-state index is 5.51. The van der Waals surface area contributed by atoms with Crippen LogP contribution in [0.2, 0.25) is 0 Å². The van der Waals surface area contributed by atoms with Crippen molar-refractivity contribution in [1.82, 2.24) is 5.32 Å². The van der Waals surface area contributed by atoms with Gasteiger partial charge in [-0.2, -0.15) is 0 Å². The normalized spacial score (nSPS) is 26.4. The first-order chi connectivity index (χ1) is 7.22. The smallest absolute Gasteiger partial charge is 0.0591 e. The van der Waals surface area contributed by atoms with Gasteiger partial charge in [-0.25, -0.2) is 0 Å². The molecule has 2 unspecified atom stereocenters. The Morgan fingerprint density at radius 3 is 2.73 bits per heavy atom. The van der Waals surface area contributed by atoms with Crippen molar-refractivity contribution < 1.29 is 9.47 Å². The first-order valence-corrected chi connectivity index (χ1v) is 6.06. The number of hydrogen-bond donors (Lipinski definition) is 1. The summed E-state index contributed by atoms with van der Waals surface area (Å²) < 4.78 is 10.8. The van der Waals surface area contributed by atoms with Gasteiger partial charge in [0.2, 0.25) is 0 Å². The van der Waals surface area contributed by atoms with Crippen LogP contribution in [0, 0.1) is 5.92 Å². The summed E-state index contributed by atoms with van der Waals surface area (Å²) >= 11 is 0. The van der Waals surface area contributed by atoms with Crippen molar-refractivity contribution in [3.8, 4) is 0 Å². The highest BCUT2D eigenvalue weighted by molar-refractivity contribution is 4.80. The van der Waals surface area contributed by atoms with E-state index in [1.807, 2.05) is 0 Å². The van der Waals surface area contributed by atoms with E-state index in [9.17, 15) is 0 Å². The lowest BCUT2D eigenvalue weighted by Crippen LogP contribution is -2.30. The van der Waals surface area contributed by atoms with Crippen LogP contribution in [0.3, 0.4) is 0 Å². The van der Waals surface area contributed by atoms with Crippen molar-refractivity contribution in [3.63, 3.8) is 0 Å². The Kier molecular flexibility index (Phi) is 6.22. The summed E-state index contributed by atoms with van der Waals surface area (Å²) in [4.78, 5) is 0. The molecular formula is C12H25NO2. The van der Waals surface area contributed by atoms with Gasteiger partial charge in [-0.05, 0) is 25.2 Å². The molecule has 1 N–H and O–H groups in total. The van der Waals surface area contributed by atoms with Gasteiger partial charge in [-0.3, -0.25) is 0 Å². The molecule has 0 saturated heterocycles. The zero-order valence-corrected chi connectivity index (χ0v) is 10.3. The van der Waals surface area contributed by atoms with Gasteiger partial charge in [-0.15, -0.1) is 0 Å². The number of hydrogen-bond acceptors (Lipinski definition) is 3. The number of methoxy groups -OCH3 is 1. The molecule has 3 nitrogen and oxygen atoms in total. The third kappa shape index (κ3) is 5.50. The fourth-order valence-electron chi connectivity index (χ4n) is 1.99. The van der Waals surface area contributed by atoms with Crippen molar-refractivity contribution in [2.24, 2.45) is 5.92 Å². The van der Waals surface area contributed by atoms with E-state index in [0.29, 0.717) is 18.1 Å². The van der Waals surface area contributed by atoms with E-state index in [4.69, 9.17) is 9.47 Å². The highest BCUT2D eigenvalue weighted by Crippen LogP contribution is 2.20. The van der Waals surface area contributed by atoms with Crippen molar-refractivity contribution in [1.29, 1.82) is 0 Å². The minimum atomic E-state index is 0.471. The van der Waals surface area contributed by atoms with Crippen molar-refractivity contribution in [2.75, 3.05) is 26.9 Å². The van der Waals surface area contributed by atoms with Crippen LogP contribution in [0.4, 0.5) is 0 Å². The van der Waals surface area contributed by atoms with E-state index in [-0.39, 0.29) is 0 Å². The van der Waals surface area contributed by atoms with Crippen LogP contribution in [0.1, 0.15) is 33.1 Å². The average Bonchev–Trinajstić information content (AvgIpc) is 2.65. The summed E-state index contributed by atoms with van der Waals surface area (Å²) in [6.45, 7) is 7.01. The van der Waals surface area contributed by atoms with E-state index < -0.39 is 0 Å². The van der Waals surface area contributed by atoms with Gasteiger partial charge in [0.1, 0.15) is 0 Å². The van der Waals surface area contributed by atoms with Gasteiger partial charge >= 0.3 is 0 Å². The quantitative estimate of drug-likeness (QED) is 0.657. The van der Waals surface area contributed by atoms with Crippen molar-refractivity contribution >= 4 is 0 Å². The SMILES string of the molecule is COC1CCC(NCCOCC(C)C)C1. The third-order valence-electron chi connectivity index (χ3n) is 2.85. The molecule has 0 radical (unpaired) electrons. The van der Waals surface area contributed by atoms with Crippen LogP contribution in [0.25, 0.3) is 0 Å². The predicted octanol–water partition coefficient (Wildman–Crippen LogP) is 1.82. The Bertz CT molecular complexity index is 162. The summed E-state index contributed by atoms with van der Waals surface area (Å²) in [5.41, 5.74) is 0. The zero-order valence-electron chi connectivity index (χ0n) is 10.3. The molecule has 0 heterocycles. The van der Waals surface area contributed by atoms with Crippen LogP contribution in [0.5, 0.6) is 0 Å². The number of nitrogens with one attached hydrogen (secondary N) is 1. The van der Waals surface area contributed by atoms with Crippen LogP contribution in [-0.4, -0.2) is 39.0 Å². The van der Waals surface area contributed by atoms with E-state index >= 15 is 0 Å². The van der Waals surface area contributed by atoms with Crippen molar-refractivity contribution in [2.45, 2.75) is 45.3 Å². The molecule has 1 fully saturated rings. The molecule has 0 aliphatic heterocycles. The van der Waals surface area contributed by atoms with E-state index in [0.717, 1.165) is 26.2 Å². The van der Waals surface area contributed by atoms with Crippen LogP contribution < -0.4 is 5.32 Å². The summed E-state index contributed by atoms with van der Waals surface area (Å²) in [6, 6.07) is 0.637. The van der Waals surface area contributed by atoms with E-state index in [1.165, 1.54) is 12.8 Å². The van der Waals surface area contributed by atoms with Gasteiger partial charge in [-0.1, -0.05) is 13.8 Å². The van der Waals surface area contributed by atoms with Gasteiger partial charge in [0.05, 0.1) is 12.7 Å². The second kappa shape index (κ2) is 7.20. The highest BCUT2D eigenvalue weighted by Gasteiger charge is 2.23. The number of ether oxygens (including phenoxy) is 2. The molecule has 90 valence electrons. The molecule has 0 aromatic rings. The molecule has 1 rings (SSSR count). The first kappa shape index (κ1) is 12.9. The van der Waals surface area contributed by atoms with E-state index in [1.54, 1.807) is 7.11 Å². The van der Waals surface area contributed by atoms with Gasteiger partial charge in [0.25, 0.3) is 0 Å². The minimum absolute atomic E-state index is 0.471. The van der Waals surface area contributed by atoms with Gasteiger partial charge in [0.15, 0.2) is 0 Å². The lowest BCUT2D eigenvalue weighted by molar-refractivity contribution is 0.101. The fraction of sp³-hybridized carbons (Fsp3) is 1.00. The zero-order chi connectivity index (χ0) is 11.1. The molecular weight excluding hydrogens is 190 g/mol. The lowest BCUT2D eigenvalue weighted by Gasteiger charge is -2.13. The molecule has 1 saturated carbocycles. The Morgan fingerprint density at radius 1 is 1.33 bits per heavy atom. The number of rotatable bonds is 7. The van der Waals surface area contributed by atoms with E-state index in [2.05, 4.69) is 19.2 Å². The van der Waals surface area contributed by atoms with Crippen LogP contribution in [-0.2, 0) is 9.47 Å². The largest absolute Gasteiger partial charge is 0.381 e. The second-order valence-electron chi connectivity index (χ2n) is 4.79. The Labute approximate surface area is 93.5 Å². The van der Waals surface area contributed by atoms with Gasteiger partial charge < -0.3 is 14.8 Å². The molecule has 0 bridgehead atoms. The molecule has 3 heteroatoms. The summed E-state index contributed by atoms with van der Waals surface area (Å²) in [5, 5.41) is 3.51. The molecule has 0 aromatic carbocycles. The third-order valence-corrected chi connectivity index (χ3v) is 2.85. The Hall–Kier alpha value is -0.120. The average molecular weight is 215 g/mol. The molecule has 0 amide bonds. The standard InChI is InChI=1S/C12H25NO2/c1-10(2)9-15-7-6-13-11-4-5-12(8-11)14-3/h10-13H,4-9H2,1-3H3. The second-order valence-corrected chi connectivity index (χ2v) is 4.79. The molecule has 0 spiro atoms. The fourth-order valence-corrected chi connectivity index (χ4v) is 1.99. The predicted molar refractivity (Wildman–Crippen MR) is 62.1 cm³/mol. The van der Waals surface area contributed by atoms with Crippen LogP contribution >= 0.6 is 0 Å². The summed E-state index contributed by atoms with van der Waals surface area (Å²) in [5.74, 6) is 0.634. The molecule has 1 aliphatic rings. The lowest BCUT2D eigenvalue weighted by atomic mass is 10.2. The monoisotopic (exact) mass is 215 g/mol. The maximum atomic E-state index is 5.51. The van der Waals surface area contributed by atoms with Crippen LogP contribution in [0.15, 0.2) is 0 Å². The summed E-state index contributed by atoms with van der Waals surface area (Å²) in [6.07, 6.45) is 4.06. The molecule has 0 aromatic heterocycles. The Morgan fingerprint density at radius 2 is 2.13 bits per heavy atom. The molecule has 2 atom stereocenters. The Balaban J connectivity index is 1.92. The minimum Gasteiger partial charge on any atom is -0.381 e. The molecule has 1 aliphatic carbocycles. The highest BCUT2D eigenvalue weighted by atomic mass is 16.5. The summed E-state index contributed by atoms with van der Waals surface area (Å²) in [7, 11) is 1.80. The maximum Gasteiger partial charge on any atom is 0.0591 e.